The molecule has 7 nitrogen and oxygen atoms in total. The van der Waals surface area contributed by atoms with E-state index in [2.05, 4.69) is 11.4 Å². The van der Waals surface area contributed by atoms with Crippen LogP contribution in [-0.2, 0) is 16.1 Å². The number of ether oxygens (including phenoxy) is 1. The number of carbonyl (C=O) groups is 3. The summed E-state index contributed by atoms with van der Waals surface area (Å²) < 4.78 is 10.2. The monoisotopic (exact) mass is 420 g/mol. The van der Waals surface area contributed by atoms with Gasteiger partial charge in [-0.15, -0.1) is 0 Å². The third-order valence-corrected chi connectivity index (χ3v) is 4.78. The average molecular weight is 420 g/mol. The normalized spacial score (nSPS) is 10.4. The van der Waals surface area contributed by atoms with Gasteiger partial charge in [0.25, 0.3) is 11.8 Å². The number of benzene rings is 2. The molecule has 0 aliphatic carbocycles. The molecule has 0 fully saturated rings. The van der Waals surface area contributed by atoms with Crippen LogP contribution in [0.4, 0.5) is 5.69 Å². The van der Waals surface area contributed by atoms with Gasteiger partial charge >= 0.3 is 5.97 Å². The number of carbonyl (C=O) groups excluding carboxylic acids is 3. The van der Waals surface area contributed by atoms with Crippen LogP contribution in [0.2, 0.25) is 0 Å². The van der Waals surface area contributed by atoms with E-state index in [4.69, 9.17) is 9.15 Å². The number of hydrogen-bond acceptors (Lipinski definition) is 5. The van der Waals surface area contributed by atoms with Crippen LogP contribution in [-0.4, -0.2) is 36.3 Å². The van der Waals surface area contributed by atoms with Crippen LogP contribution >= 0.6 is 0 Å². The van der Waals surface area contributed by atoms with E-state index in [1.54, 1.807) is 31.3 Å². The maximum atomic E-state index is 12.3. The van der Waals surface area contributed by atoms with Crippen molar-refractivity contribution in [1.29, 1.82) is 0 Å². The smallest absolute Gasteiger partial charge is 0.338 e. The summed E-state index contributed by atoms with van der Waals surface area (Å²) in [7, 11) is 1.67. The first-order chi connectivity index (χ1) is 14.8. The van der Waals surface area contributed by atoms with Crippen LogP contribution in [0.3, 0.4) is 0 Å². The van der Waals surface area contributed by atoms with Crippen LogP contribution in [0.15, 0.2) is 65.3 Å². The lowest BCUT2D eigenvalue weighted by molar-refractivity contribution is -0.133. The van der Waals surface area contributed by atoms with Crippen molar-refractivity contribution >= 4 is 23.5 Å². The maximum Gasteiger partial charge on any atom is 0.338 e. The fourth-order valence-corrected chi connectivity index (χ4v) is 2.98. The van der Waals surface area contributed by atoms with Gasteiger partial charge in [0.1, 0.15) is 0 Å². The lowest BCUT2D eigenvalue weighted by Crippen LogP contribution is -2.31. The number of anilines is 1. The molecule has 3 rings (SSSR count). The molecule has 0 aliphatic heterocycles. The molecule has 2 aromatic carbocycles. The summed E-state index contributed by atoms with van der Waals surface area (Å²) in [6.45, 7) is 4.11. The predicted octanol–water partition coefficient (Wildman–Crippen LogP) is 3.96. The molecule has 0 bridgehead atoms. The zero-order valence-corrected chi connectivity index (χ0v) is 17.7. The minimum atomic E-state index is -0.614. The number of aryl methyl sites for hydroxylation is 2. The topological polar surface area (TPSA) is 88.9 Å². The maximum absolute atomic E-state index is 12.3. The van der Waals surface area contributed by atoms with Crippen LogP contribution in [0.5, 0.6) is 0 Å². The Morgan fingerprint density at radius 3 is 2.42 bits per heavy atom. The average Bonchev–Trinajstić information content (AvgIpc) is 3.29. The van der Waals surface area contributed by atoms with E-state index in [0.29, 0.717) is 12.2 Å². The molecule has 7 heteroatoms. The van der Waals surface area contributed by atoms with Gasteiger partial charge < -0.3 is 19.4 Å². The highest BCUT2D eigenvalue weighted by atomic mass is 16.5. The van der Waals surface area contributed by atoms with Gasteiger partial charge in [0.15, 0.2) is 12.4 Å². The molecule has 0 radical (unpaired) electrons. The van der Waals surface area contributed by atoms with Gasteiger partial charge in [-0.25, -0.2) is 4.79 Å². The first-order valence-corrected chi connectivity index (χ1v) is 9.75. The van der Waals surface area contributed by atoms with Crippen molar-refractivity contribution in [2.75, 3.05) is 19.0 Å². The summed E-state index contributed by atoms with van der Waals surface area (Å²) in [6.07, 6.45) is 1.41. The second-order valence-electron chi connectivity index (χ2n) is 7.26. The van der Waals surface area contributed by atoms with E-state index >= 15 is 0 Å². The molecule has 0 saturated carbocycles. The van der Waals surface area contributed by atoms with Crippen LogP contribution in [0, 0.1) is 13.8 Å². The van der Waals surface area contributed by atoms with E-state index in [1.165, 1.54) is 23.3 Å². The number of likely N-dealkylation sites (N-methyl/N-ethyl adjacent to an activating group) is 1. The van der Waals surface area contributed by atoms with Crippen molar-refractivity contribution < 1.29 is 23.5 Å². The number of amides is 2. The molecule has 1 N–H and O–H groups in total. The minimum absolute atomic E-state index is 0.187. The first kappa shape index (κ1) is 21.8. The lowest BCUT2D eigenvalue weighted by atomic mass is 10.1. The Hall–Kier alpha value is -3.87. The SMILES string of the molecule is Cc1ccc(CN(C)C(=O)COC(=O)c2ccc(NC(=O)c3ccco3)cc2)c(C)c1. The first-order valence-electron chi connectivity index (χ1n) is 9.75. The molecule has 3 aromatic rings. The largest absolute Gasteiger partial charge is 0.459 e. The molecule has 0 atom stereocenters. The molecule has 160 valence electrons. The van der Waals surface area contributed by atoms with Crippen LogP contribution < -0.4 is 5.32 Å². The summed E-state index contributed by atoms with van der Waals surface area (Å²) in [5, 5.41) is 2.66. The molecule has 1 heterocycles. The van der Waals surface area contributed by atoms with Crippen molar-refractivity contribution in [2.45, 2.75) is 20.4 Å². The third kappa shape index (κ3) is 5.82. The molecular formula is C24H24N2O5. The second kappa shape index (κ2) is 9.75. The van der Waals surface area contributed by atoms with Gasteiger partial charge in [-0.05, 0) is 61.4 Å². The quantitative estimate of drug-likeness (QED) is 0.585. The molecule has 1 aromatic heterocycles. The number of esters is 1. The second-order valence-corrected chi connectivity index (χ2v) is 7.26. The van der Waals surface area contributed by atoms with Gasteiger partial charge in [0, 0.05) is 19.3 Å². The van der Waals surface area contributed by atoms with Gasteiger partial charge in [-0.2, -0.15) is 0 Å². The zero-order valence-electron chi connectivity index (χ0n) is 17.7. The van der Waals surface area contributed by atoms with Crippen molar-refractivity contribution in [3.05, 3.63) is 88.9 Å². The highest BCUT2D eigenvalue weighted by Crippen LogP contribution is 2.14. The summed E-state index contributed by atoms with van der Waals surface area (Å²) in [6, 6.07) is 15.4. The highest BCUT2D eigenvalue weighted by Gasteiger charge is 2.15. The zero-order chi connectivity index (χ0) is 22.4. The Labute approximate surface area is 180 Å². The Kier molecular flexibility index (Phi) is 6.87. The number of rotatable bonds is 7. The minimum Gasteiger partial charge on any atom is -0.459 e. The Bertz CT molecular complexity index is 1070. The summed E-state index contributed by atoms with van der Waals surface area (Å²) in [4.78, 5) is 38.1. The van der Waals surface area contributed by atoms with E-state index in [-0.39, 0.29) is 23.8 Å². The van der Waals surface area contributed by atoms with Crippen LogP contribution in [0.25, 0.3) is 0 Å². The Balaban J connectivity index is 1.50. The summed E-state index contributed by atoms with van der Waals surface area (Å²) >= 11 is 0. The standard InChI is InChI=1S/C24H24N2O5/c1-16-6-7-19(17(2)13-16)14-26(3)22(27)15-31-24(29)18-8-10-20(11-9-18)25-23(28)21-5-4-12-30-21/h4-13H,14-15H2,1-3H3,(H,25,28). The highest BCUT2D eigenvalue weighted by molar-refractivity contribution is 6.02. The van der Waals surface area contributed by atoms with E-state index in [1.807, 2.05) is 26.0 Å². The molecule has 0 aliphatic rings. The number of nitrogens with zero attached hydrogens (tertiary/aromatic N) is 1. The number of furan rings is 1. The molecule has 0 spiro atoms. The van der Waals surface area contributed by atoms with Crippen molar-refractivity contribution in [3.63, 3.8) is 0 Å². The van der Waals surface area contributed by atoms with Gasteiger partial charge in [0.2, 0.25) is 0 Å². The Morgan fingerprint density at radius 1 is 1.03 bits per heavy atom. The van der Waals surface area contributed by atoms with Crippen molar-refractivity contribution in [2.24, 2.45) is 0 Å². The molecule has 0 saturated heterocycles. The summed E-state index contributed by atoms with van der Waals surface area (Å²) in [5.74, 6) is -1.11. The van der Waals surface area contributed by atoms with Crippen LogP contribution in [0.1, 0.15) is 37.6 Å². The van der Waals surface area contributed by atoms with E-state index < -0.39 is 11.9 Å². The molecule has 31 heavy (non-hydrogen) atoms. The van der Waals surface area contributed by atoms with Crippen molar-refractivity contribution in [1.82, 2.24) is 4.90 Å². The van der Waals surface area contributed by atoms with E-state index in [9.17, 15) is 14.4 Å². The third-order valence-electron chi connectivity index (χ3n) is 4.78. The fraction of sp³-hybridized carbons (Fsp3) is 0.208. The van der Waals surface area contributed by atoms with Gasteiger partial charge in [-0.3, -0.25) is 9.59 Å². The number of nitrogens with one attached hydrogen (secondary N) is 1. The Morgan fingerprint density at radius 2 is 1.77 bits per heavy atom. The molecular weight excluding hydrogens is 396 g/mol. The lowest BCUT2D eigenvalue weighted by Gasteiger charge is -2.18. The van der Waals surface area contributed by atoms with E-state index in [0.717, 1.165) is 16.7 Å². The van der Waals surface area contributed by atoms with Gasteiger partial charge in [-0.1, -0.05) is 23.8 Å². The van der Waals surface area contributed by atoms with Gasteiger partial charge in [0.05, 0.1) is 11.8 Å². The number of hydrogen-bond donors (Lipinski definition) is 1. The van der Waals surface area contributed by atoms with Crippen molar-refractivity contribution in [3.8, 4) is 0 Å². The molecule has 0 unspecified atom stereocenters. The summed E-state index contributed by atoms with van der Waals surface area (Å²) in [5.41, 5.74) is 4.09. The predicted molar refractivity (Wildman–Crippen MR) is 116 cm³/mol. The molecule has 2 amide bonds. The fourth-order valence-electron chi connectivity index (χ4n) is 2.98.